The van der Waals surface area contributed by atoms with Crippen molar-refractivity contribution in [1.82, 2.24) is 4.57 Å². The molecular formula is C12H11NO. The zero-order chi connectivity index (χ0) is 9.54. The van der Waals surface area contributed by atoms with Gasteiger partial charge in [-0.3, -0.25) is 4.79 Å². The van der Waals surface area contributed by atoms with E-state index in [0.29, 0.717) is 0 Å². The minimum absolute atomic E-state index is 0.815. The quantitative estimate of drug-likeness (QED) is 0.625. The van der Waals surface area contributed by atoms with Crippen LogP contribution in [-0.2, 0) is 13.0 Å². The molecule has 2 nitrogen and oxygen atoms in total. The van der Waals surface area contributed by atoms with E-state index in [1.54, 1.807) is 0 Å². The summed E-state index contributed by atoms with van der Waals surface area (Å²) in [5, 5.41) is 1.20. The summed E-state index contributed by atoms with van der Waals surface area (Å²) in [4.78, 5) is 10.9. The molecule has 2 heteroatoms. The van der Waals surface area contributed by atoms with Crippen molar-refractivity contribution in [2.24, 2.45) is 0 Å². The third-order valence-electron chi connectivity index (χ3n) is 2.98. The summed E-state index contributed by atoms with van der Waals surface area (Å²) >= 11 is 0. The smallest absolute Gasteiger partial charge is 0.152 e. The van der Waals surface area contributed by atoms with Crippen molar-refractivity contribution in [2.75, 3.05) is 0 Å². The summed E-state index contributed by atoms with van der Waals surface area (Å²) in [6.45, 7) is 1.06. The van der Waals surface area contributed by atoms with Gasteiger partial charge >= 0.3 is 0 Å². The largest absolute Gasteiger partial charge is 0.344 e. The number of nitrogens with zero attached hydrogens (tertiary/aromatic N) is 1. The first kappa shape index (κ1) is 7.80. The summed E-state index contributed by atoms with van der Waals surface area (Å²) in [5.74, 6) is 0. The lowest BCUT2D eigenvalue weighted by Crippen LogP contribution is -1.94. The number of carbonyl (C=O) groups is 1. The molecule has 1 aromatic carbocycles. The van der Waals surface area contributed by atoms with Gasteiger partial charge in [-0.2, -0.15) is 0 Å². The molecule has 0 unspecified atom stereocenters. The molecule has 0 atom stereocenters. The lowest BCUT2D eigenvalue weighted by molar-refractivity contribution is 0.112. The lowest BCUT2D eigenvalue weighted by atomic mass is 10.1. The number of aldehydes is 1. The molecule has 0 saturated heterocycles. The summed E-state index contributed by atoms with van der Waals surface area (Å²) in [6.07, 6.45) is 3.30. The molecule has 70 valence electrons. The maximum atomic E-state index is 10.9. The molecule has 0 saturated carbocycles. The molecule has 0 amide bonds. The number of para-hydroxylation sites is 1. The number of benzene rings is 1. The van der Waals surface area contributed by atoms with Crippen molar-refractivity contribution in [3.63, 3.8) is 0 Å². The number of hydrogen-bond donors (Lipinski definition) is 0. The molecule has 0 N–H and O–H groups in total. The predicted octanol–water partition coefficient (Wildman–Crippen LogP) is 2.40. The SMILES string of the molecule is O=Cc1cccc2cc3n(c12)CCC3. The van der Waals surface area contributed by atoms with Crippen LogP contribution in [0.4, 0.5) is 0 Å². The normalized spacial score (nSPS) is 14.6. The first-order valence-electron chi connectivity index (χ1n) is 4.96. The van der Waals surface area contributed by atoms with Crippen LogP contribution >= 0.6 is 0 Å². The van der Waals surface area contributed by atoms with Gasteiger partial charge in [0, 0.05) is 23.2 Å². The van der Waals surface area contributed by atoms with Crippen LogP contribution in [0.5, 0.6) is 0 Å². The fourth-order valence-electron chi connectivity index (χ4n) is 2.39. The highest BCUT2D eigenvalue weighted by Gasteiger charge is 2.15. The monoisotopic (exact) mass is 185 g/mol. The van der Waals surface area contributed by atoms with Crippen molar-refractivity contribution in [3.8, 4) is 0 Å². The van der Waals surface area contributed by atoms with Crippen molar-refractivity contribution in [1.29, 1.82) is 0 Å². The first-order chi connectivity index (χ1) is 6.90. The van der Waals surface area contributed by atoms with Crippen molar-refractivity contribution in [2.45, 2.75) is 19.4 Å². The second-order valence-corrected chi connectivity index (χ2v) is 3.79. The molecule has 1 aliphatic heterocycles. The van der Waals surface area contributed by atoms with Crippen molar-refractivity contribution in [3.05, 3.63) is 35.5 Å². The Morgan fingerprint density at radius 1 is 1.36 bits per heavy atom. The van der Waals surface area contributed by atoms with Crippen LogP contribution in [0.15, 0.2) is 24.3 Å². The number of fused-ring (bicyclic) bond motifs is 3. The molecule has 0 spiro atoms. The van der Waals surface area contributed by atoms with Gasteiger partial charge in [0.1, 0.15) is 0 Å². The minimum atomic E-state index is 0.815. The summed E-state index contributed by atoms with van der Waals surface area (Å²) in [7, 11) is 0. The zero-order valence-electron chi connectivity index (χ0n) is 7.86. The van der Waals surface area contributed by atoms with Crippen molar-refractivity contribution < 1.29 is 4.79 Å². The van der Waals surface area contributed by atoms with Crippen LogP contribution in [-0.4, -0.2) is 10.9 Å². The summed E-state index contributed by atoms with van der Waals surface area (Å²) in [5.41, 5.74) is 3.31. The van der Waals surface area contributed by atoms with E-state index in [-0.39, 0.29) is 0 Å². The van der Waals surface area contributed by atoms with Gasteiger partial charge in [0.15, 0.2) is 6.29 Å². The second kappa shape index (κ2) is 2.71. The van der Waals surface area contributed by atoms with Crippen LogP contribution in [0.25, 0.3) is 10.9 Å². The number of aryl methyl sites for hydroxylation is 2. The Labute approximate surface area is 82.1 Å². The fourth-order valence-corrected chi connectivity index (χ4v) is 2.39. The van der Waals surface area contributed by atoms with E-state index in [1.807, 2.05) is 12.1 Å². The molecule has 1 aromatic heterocycles. The lowest BCUT2D eigenvalue weighted by Gasteiger charge is -2.02. The third-order valence-corrected chi connectivity index (χ3v) is 2.98. The van der Waals surface area contributed by atoms with Gasteiger partial charge in [0.25, 0.3) is 0 Å². The van der Waals surface area contributed by atoms with Gasteiger partial charge in [-0.1, -0.05) is 12.1 Å². The Morgan fingerprint density at radius 3 is 3.14 bits per heavy atom. The Balaban J connectivity index is 2.44. The number of aromatic nitrogens is 1. The van der Waals surface area contributed by atoms with Gasteiger partial charge in [-0.15, -0.1) is 0 Å². The van der Waals surface area contributed by atoms with Crippen LogP contribution in [0, 0.1) is 0 Å². The van der Waals surface area contributed by atoms with E-state index in [9.17, 15) is 4.79 Å². The second-order valence-electron chi connectivity index (χ2n) is 3.79. The van der Waals surface area contributed by atoms with E-state index < -0.39 is 0 Å². The highest BCUT2D eigenvalue weighted by atomic mass is 16.1. The number of carbonyl (C=O) groups excluding carboxylic acids is 1. The Hall–Kier alpha value is -1.57. The predicted molar refractivity (Wildman–Crippen MR) is 55.6 cm³/mol. The number of hydrogen-bond acceptors (Lipinski definition) is 1. The fraction of sp³-hybridized carbons (Fsp3) is 0.250. The molecule has 0 fully saturated rings. The van der Waals surface area contributed by atoms with Gasteiger partial charge in [0.05, 0.1) is 5.52 Å². The molecule has 3 rings (SSSR count). The Morgan fingerprint density at radius 2 is 2.29 bits per heavy atom. The van der Waals surface area contributed by atoms with E-state index >= 15 is 0 Å². The molecule has 2 aromatic rings. The van der Waals surface area contributed by atoms with Crippen LogP contribution in [0.1, 0.15) is 22.5 Å². The van der Waals surface area contributed by atoms with E-state index in [2.05, 4.69) is 16.7 Å². The maximum absolute atomic E-state index is 10.9. The highest BCUT2D eigenvalue weighted by molar-refractivity contribution is 5.97. The van der Waals surface area contributed by atoms with Gasteiger partial charge in [0.2, 0.25) is 0 Å². The Bertz CT molecular complexity index is 510. The number of rotatable bonds is 1. The average Bonchev–Trinajstić information content (AvgIpc) is 2.75. The third kappa shape index (κ3) is 0.882. The van der Waals surface area contributed by atoms with Crippen LogP contribution in [0.2, 0.25) is 0 Å². The van der Waals surface area contributed by atoms with E-state index in [4.69, 9.17) is 0 Å². The molecular weight excluding hydrogens is 174 g/mol. The van der Waals surface area contributed by atoms with Gasteiger partial charge < -0.3 is 4.57 Å². The van der Waals surface area contributed by atoms with Crippen LogP contribution in [0.3, 0.4) is 0 Å². The van der Waals surface area contributed by atoms with E-state index in [0.717, 1.165) is 30.3 Å². The average molecular weight is 185 g/mol. The van der Waals surface area contributed by atoms with Gasteiger partial charge in [-0.25, -0.2) is 0 Å². The standard InChI is InChI=1S/C12H11NO/c14-8-10-4-1-3-9-7-11-5-2-6-13(11)12(9)10/h1,3-4,7-8H,2,5-6H2. The minimum Gasteiger partial charge on any atom is -0.344 e. The molecule has 0 bridgehead atoms. The Kier molecular flexibility index (Phi) is 1.51. The molecule has 0 radical (unpaired) electrons. The summed E-state index contributed by atoms with van der Waals surface area (Å²) < 4.78 is 2.28. The highest BCUT2D eigenvalue weighted by Crippen LogP contribution is 2.27. The maximum Gasteiger partial charge on any atom is 0.152 e. The van der Waals surface area contributed by atoms with Gasteiger partial charge in [-0.05, 0) is 25.0 Å². The molecule has 2 heterocycles. The first-order valence-corrected chi connectivity index (χ1v) is 4.96. The topological polar surface area (TPSA) is 22.0 Å². The van der Waals surface area contributed by atoms with E-state index in [1.165, 1.54) is 17.5 Å². The van der Waals surface area contributed by atoms with Crippen molar-refractivity contribution >= 4 is 17.2 Å². The molecule has 1 aliphatic rings. The summed E-state index contributed by atoms with van der Waals surface area (Å²) in [6, 6.07) is 8.12. The van der Waals surface area contributed by atoms with Crippen LogP contribution < -0.4 is 0 Å². The molecule has 14 heavy (non-hydrogen) atoms. The molecule has 0 aliphatic carbocycles. The zero-order valence-corrected chi connectivity index (χ0v) is 7.86.